The Hall–Kier alpha value is -1.82. The van der Waals surface area contributed by atoms with Gasteiger partial charge in [-0.1, -0.05) is 25.6 Å². The molecule has 3 rings (SSSR count). The zero-order valence-electron chi connectivity index (χ0n) is 16.6. The van der Waals surface area contributed by atoms with Crippen LogP contribution in [0.5, 0.6) is 0 Å². The molecule has 2 heterocycles. The molecular weight excluding hydrogens is 392 g/mol. The molecule has 0 radical (unpaired) electrons. The van der Waals surface area contributed by atoms with Crippen molar-refractivity contribution in [2.75, 3.05) is 24.6 Å². The standard InChI is InChI=1S/C20H24N4O2S2/c1-20(2)6-5-13-17(20)14(10-21)19(28-12-27-8-7-26-4)23-18(13)15-9-16(25)24(3)11-22-15/h9,11H,5-8,12H2,1-4H3. The predicted octanol–water partition coefficient (Wildman–Crippen LogP) is 3.37. The van der Waals surface area contributed by atoms with E-state index in [1.165, 1.54) is 17.0 Å². The number of nitrogens with zero attached hydrogens (tertiary/aromatic N) is 4. The summed E-state index contributed by atoms with van der Waals surface area (Å²) in [5, 5.41) is 11.4. The van der Waals surface area contributed by atoms with Crippen molar-refractivity contribution in [2.24, 2.45) is 7.05 Å². The quantitative estimate of drug-likeness (QED) is 0.389. The highest BCUT2D eigenvalue weighted by Gasteiger charge is 2.37. The van der Waals surface area contributed by atoms with Crippen molar-refractivity contribution >= 4 is 23.5 Å². The van der Waals surface area contributed by atoms with Gasteiger partial charge in [-0.15, -0.1) is 11.8 Å². The van der Waals surface area contributed by atoms with Gasteiger partial charge < -0.3 is 9.30 Å². The molecule has 0 N–H and O–H groups in total. The molecule has 148 valence electrons. The first kappa shape index (κ1) is 20.9. The Morgan fingerprint density at radius 2 is 2.21 bits per heavy atom. The molecule has 0 saturated heterocycles. The van der Waals surface area contributed by atoms with Crippen LogP contribution in [0.4, 0.5) is 0 Å². The van der Waals surface area contributed by atoms with Crippen molar-refractivity contribution in [3.8, 4) is 17.5 Å². The maximum absolute atomic E-state index is 12.1. The fraction of sp³-hybridized carbons (Fsp3) is 0.500. The average molecular weight is 417 g/mol. The van der Waals surface area contributed by atoms with Crippen LogP contribution >= 0.6 is 23.5 Å². The van der Waals surface area contributed by atoms with Crippen LogP contribution in [-0.2, 0) is 23.6 Å². The van der Waals surface area contributed by atoms with Gasteiger partial charge in [0.05, 0.1) is 29.9 Å². The summed E-state index contributed by atoms with van der Waals surface area (Å²) in [4.78, 5) is 21.4. The lowest BCUT2D eigenvalue weighted by molar-refractivity contribution is 0.219. The summed E-state index contributed by atoms with van der Waals surface area (Å²) in [7, 11) is 3.37. The van der Waals surface area contributed by atoms with Crippen molar-refractivity contribution in [1.82, 2.24) is 14.5 Å². The molecule has 0 amide bonds. The number of hydrogen-bond acceptors (Lipinski definition) is 7. The Bertz CT molecular complexity index is 979. The molecule has 0 aromatic carbocycles. The number of rotatable bonds is 7. The van der Waals surface area contributed by atoms with E-state index in [4.69, 9.17) is 9.72 Å². The van der Waals surface area contributed by atoms with Crippen LogP contribution in [-0.4, -0.2) is 39.1 Å². The van der Waals surface area contributed by atoms with E-state index in [0.29, 0.717) is 17.9 Å². The monoisotopic (exact) mass is 416 g/mol. The lowest BCUT2D eigenvalue weighted by Crippen LogP contribution is -2.17. The van der Waals surface area contributed by atoms with Gasteiger partial charge in [0.25, 0.3) is 5.56 Å². The van der Waals surface area contributed by atoms with Crippen LogP contribution in [0.3, 0.4) is 0 Å². The predicted molar refractivity (Wildman–Crippen MR) is 114 cm³/mol. The van der Waals surface area contributed by atoms with Gasteiger partial charge in [-0.25, -0.2) is 9.97 Å². The Labute approximate surface area is 173 Å². The van der Waals surface area contributed by atoms with Gasteiger partial charge >= 0.3 is 0 Å². The van der Waals surface area contributed by atoms with E-state index >= 15 is 0 Å². The highest BCUT2D eigenvalue weighted by atomic mass is 32.2. The molecule has 1 aliphatic rings. The number of aromatic nitrogens is 3. The van der Waals surface area contributed by atoms with Gasteiger partial charge in [0, 0.05) is 31.1 Å². The Kier molecular flexibility index (Phi) is 6.48. The zero-order valence-corrected chi connectivity index (χ0v) is 18.2. The van der Waals surface area contributed by atoms with Crippen LogP contribution in [0.15, 0.2) is 22.2 Å². The van der Waals surface area contributed by atoms with Crippen molar-refractivity contribution in [3.63, 3.8) is 0 Å². The topological polar surface area (TPSA) is 80.8 Å². The molecule has 8 heteroatoms. The summed E-state index contributed by atoms with van der Waals surface area (Å²) in [6.45, 7) is 5.04. The van der Waals surface area contributed by atoms with E-state index in [0.717, 1.165) is 45.5 Å². The fourth-order valence-corrected chi connectivity index (χ4v) is 5.45. The molecule has 2 aromatic heterocycles. The summed E-state index contributed by atoms with van der Waals surface area (Å²) in [5.74, 6) is 0.894. The number of methoxy groups -OCH3 is 1. The van der Waals surface area contributed by atoms with E-state index in [1.807, 2.05) is 0 Å². The van der Waals surface area contributed by atoms with Crippen molar-refractivity contribution in [3.05, 3.63) is 39.4 Å². The minimum absolute atomic E-state index is 0.101. The normalized spacial score (nSPS) is 14.7. The van der Waals surface area contributed by atoms with E-state index in [9.17, 15) is 10.1 Å². The molecule has 28 heavy (non-hydrogen) atoms. The summed E-state index contributed by atoms with van der Waals surface area (Å²) in [6, 6.07) is 3.93. The number of ether oxygens (including phenoxy) is 1. The van der Waals surface area contributed by atoms with Gasteiger partial charge in [-0.05, 0) is 29.4 Å². The van der Waals surface area contributed by atoms with Crippen LogP contribution < -0.4 is 5.56 Å². The smallest absolute Gasteiger partial charge is 0.253 e. The van der Waals surface area contributed by atoms with Gasteiger partial charge in [0.15, 0.2) is 0 Å². The first-order valence-electron chi connectivity index (χ1n) is 9.09. The van der Waals surface area contributed by atoms with Gasteiger partial charge in [0.2, 0.25) is 0 Å². The second-order valence-electron chi connectivity index (χ2n) is 7.38. The average Bonchev–Trinajstić information content (AvgIpc) is 2.99. The lowest BCUT2D eigenvalue weighted by Gasteiger charge is -2.22. The molecular formula is C20H24N4O2S2. The summed E-state index contributed by atoms with van der Waals surface area (Å²) < 4.78 is 6.53. The highest BCUT2D eigenvalue weighted by molar-refractivity contribution is 8.16. The molecule has 0 aliphatic heterocycles. The molecule has 0 atom stereocenters. The highest BCUT2D eigenvalue weighted by Crippen LogP contribution is 2.46. The van der Waals surface area contributed by atoms with Crippen molar-refractivity contribution in [2.45, 2.75) is 37.1 Å². The SMILES string of the molecule is COCCSCSc1nc(-c2cc(=O)n(C)cn2)c2c(c1C#N)C(C)(C)CC2. The summed E-state index contributed by atoms with van der Waals surface area (Å²) in [5.41, 5.74) is 3.88. The van der Waals surface area contributed by atoms with Crippen LogP contribution in [0.1, 0.15) is 37.0 Å². The lowest BCUT2D eigenvalue weighted by atomic mass is 9.84. The largest absolute Gasteiger partial charge is 0.384 e. The number of aryl methyl sites for hydroxylation is 1. The Morgan fingerprint density at radius 1 is 1.43 bits per heavy atom. The van der Waals surface area contributed by atoms with Crippen LogP contribution in [0.2, 0.25) is 0 Å². The van der Waals surface area contributed by atoms with E-state index < -0.39 is 0 Å². The minimum atomic E-state index is -0.119. The minimum Gasteiger partial charge on any atom is -0.384 e. The van der Waals surface area contributed by atoms with Crippen LogP contribution in [0, 0.1) is 11.3 Å². The molecule has 2 aromatic rings. The third kappa shape index (κ3) is 4.12. The third-order valence-electron chi connectivity index (χ3n) is 4.98. The first-order chi connectivity index (χ1) is 13.4. The van der Waals surface area contributed by atoms with E-state index in [1.54, 1.807) is 37.7 Å². The number of nitriles is 1. The Morgan fingerprint density at radius 3 is 2.89 bits per heavy atom. The van der Waals surface area contributed by atoms with Crippen molar-refractivity contribution in [1.29, 1.82) is 5.26 Å². The maximum atomic E-state index is 12.1. The van der Waals surface area contributed by atoms with Crippen LogP contribution in [0.25, 0.3) is 11.4 Å². The summed E-state index contributed by atoms with van der Waals surface area (Å²) in [6.07, 6.45) is 3.31. The molecule has 0 unspecified atom stereocenters. The number of pyridine rings is 1. The second-order valence-corrected chi connectivity index (χ2v) is 9.81. The van der Waals surface area contributed by atoms with Gasteiger partial charge in [0.1, 0.15) is 11.1 Å². The number of fused-ring (bicyclic) bond motifs is 1. The van der Waals surface area contributed by atoms with E-state index in [2.05, 4.69) is 24.9 Å². The van der Waals surface area contributed by atoms with E-state index in [-0.39, 0.29) is 11.0 Å². The third-order valence-corrected chi connectivity index (χ3v) is 7.15. The molecule has 0 fully saturated rings. The summed E-state index contributed by atoms with van der Waals surface area (Å²) >= 11 is 3.32. The fourth-order valence-electron chi connectivity index (χ4n) is 3.46. The second kappa shape index (κ2) is 8.68. The number of thioether (sulfide) groups is 2. The molecule has 0 saturated carbocycles. The van der Waals surface area contributed by atoms with Crippen molar-refractivity contribution < 1.29 is 4.74 Å². The van der Waals surface area contributed by atoms with Gasteiger partial charge in [-0.2, -0.15) is 5.26 Å². The maximum Gasteiger partial charge on any atom is 0.253 e. The molecule has 0 spiro atoms. The zero-order chi connectivity index (χ0) is 20.3. The molecule has 6 nitrogen and oxygen atoms in total. The van der Waals surface area contributed by atoms with Gasteiger partial charge in [-0.3, -0.25) is 4.79 Å². The number of hydrogen-bond donors (Lipinski definition) is 0. The molecule has 1 aliphatic carbocycles. The molecule has 0 bridgehead atoms. The Balaban J connectivity index is 2.08. The first-order valence-corrected chi connectivity index (χ1v) is 11.2.